The highest BCUT2D eigenvalue weighted by atomic mass is 16.5. The molecule has 1 aliphatic heterocycles. The van der Waals surface area contributed by atoms with E-state index >= 15 is 0 Å². The molecular formula is C18H18N2O5. The number of imide groups is 1. The molecule has 1 aromatic carbocycles. The quantitative estimate of drug-likeness (QED) is 0.455. The Labute approximate surface area is 144 Å². The van der Waals surface area contributed by atoms with Gasteiger partial charge in [0.05, 0.1) is 23.4 Å². The van der Waals surface area contributed by atoms with Crippen LogP contribution in [-0.4, -0.2) is 41.0 Å². The lowest BCUT2D eigenvalue weighted by atomic mass is 10.1. The third kappa shape index (κ3) is 3.17. The molecule has 2 heterocycles. The van der Waals surface area contributed by atoms with Crippen LogP contribution in [0.4, 0.5) is 0 Å². The van der Waals surface area contributed by atoms with Crippen molar-refractivity contribution < 1.29 is 23.6 Å². The number of benzene rings is 1. The molecule has 0 unspecified atom stereocenters. The second kappa shape index (κ2) is 6.88. The van der Waals surface area contributed by atoms with Crippen molar-refractivity contribution in [2.75, 3.05) is 13.2 Å². The number of carbonyl (C=O) groups excluding carboxylic acids is 3. The Morgan fingerprint density at radius 1 is 1.12 bits per heavy atom. The smallest absolute Gasteiger partial charge is 0.343 e. The molecule has 0 aliphatic carbocycles. The summed E-state index contributed by atoms with van der Waals surface area (Å²) < 4.78 is 10.1. The van der Waals surface area contributed by atoms with Crippen LogP contribution in [0.2, 0.25) is 0 Å². The fourth-order valence-corrected chi connectivity index (χ4v) is 2.83. The molecule has 2 aromatic rings. The highest BCUT2D eigenvalue weighted by Gasteiger charge is 2.34. The highest BCUT2D eigenvalue weighted by Crippen LogP contribution is 2.22. The van der Waals surface area contributed by atoms with E-state index in [0.717, 1.165) is 0 Å². The van der Waals surface area contributed by atoms with Gasteiger partial charge in [0.15, 0.2) is 0 Å². The molecule has 7 heteroatoms. The Bertz CT molecular complexity index is 785. The Hall–Kier alpha value is -2.96. The zero-order chi connectivity index (χ0) is 18.0. The van der Waals surface area contributed by atoms with Crippen molar-refractivity contribution in [3.05, 3.63) is 52.4 Å². The van der Waals surface area contributed by atoms with Gasteiger partial charge in [-0.25, -0.2) is 4.79 Å². The SMILES string of the molecule is Cc1noc(C)c1C(=O)OCCCCN1C(=O)c2ccccc2C1=O. The predicted octanol–water partition coefficient (Wildman–Crippen LogP) is 2.52. The Kier molecular flexibility index (Phi) is 4.65. The first-order chi connectivity index (χ1) is 12.0. The van der Waals surface area contributed by atoms with Crippen LogP contribution < -0.4 is 0 Å². The van der Waals surface area contributed by atoms with Gasteiger partial charge in [0.2, 0.25) is 0 Å². The van der Waals surface area contributed by atoms with Crippen LogP contribution in [-0.2, 0) is 4.74 Å². The molecule has 0 spiro atoms. The van der Waals surface area contributed by atoms with E-state index in [-0.39, 0.29) is 18.4 Å². The van der Waals surface area contributed by atoms with E-state index in [1.54, 1.807) is 38.1 Å². The van der Waals surface area contributed by atoms with E-state index in [9.17, 15) is 14.4 Å². The van der Waals surface area contributed by atoms with Crippen LogP contribution in [0.5, 0.6) is 0 Å². The lowest BCUT2D eigenvalue weighted by Crippen LogP contribution is -2.30. The normalized spacial score (nSPS) is 13.3. The minimum Gasteiger partial charge on any atom is -0.462 e. The third-order valence-electron chi connectivity index (χ3n) is 4.12. The molecule has 0 N–H and O–H groups in total. The number of amides is 2. The molecule has 25 heavy (non-hydrogen) atoms. The molecule has 0 radical (unpaired) electrons. The Morgan fingerprint density at radius 3 is 2.32 bits per heavy atom. The summed E-state index contributed by atoms with van der Waals surface area (Å²) in [6.45, 7) is 3.83. The topological polar surface area (TPSA) is 89.7 Å². The first-order valence-electron chi connectivity index (χ1n) is 8.06. The lowest BCUT2D eigenvalue weighted by molar-refractivity contribution is 0.0483. The summed E-state index contributed by atoms with van der Waals surface area (Å²) in [7, 11) is 0. The fourth-order valence-electron chi connectivity index (χ4n) is 2.83. The molecule has 130 valence electrons. The van der Waals surface area contributed by atoms with Crippen LogP contribution in [0.1, 0.15) is 55.4 Å². The average molecular weight is 342 g/mol. The van der Waals surface area contributed by atoms with E-state index in [1.165, 1.54) is 4.90 Å². The van der Waals surface area contributed by atoms with Gasteiger partial charge in [0.25, 0.3) is 11.8 Å². The minimum atomic E-state index is -0.475. The van der Waals surface area contributed by atoms with Crippen molar-refractivity contribution in [3.63, 3.8) is 0 Å². The maximum Gasteiger partial charge on any atom is 0.343 e. The number of aromatic nitrogens is 1. The van der Waals surface area contributed by atoms with Gasteiger partial charge < -0.3 is 9.26 Å². The molecule has 2 amide bonds. The van der Waals surface area contributed by atoms with E-state index in [2.05, 4.69) is 5.16 Å². The molecule has 0 saturated carbocycles. The van der Waals surface area contributed by atoms with Crippen LogP contribution in [0, 0.1) is 13.8 Å². The summed E-state index contributed by atoms with van der Waals surface area (Å²) in [4.78, 5) is 37.6. The van der Waals surface area contributed by atoms with Gasteiger partial charge in [0, 0.05) is 6.54 Å². The number of ether oxygens (including phenoxy) is 1. The van der Waals surface area contributed by atoms with Gasteiger partial charge in [-0.05, 0) is 38.8 Å². The van der Waals surface area contributed by atoms with Crippen molar-refractivity contribution in [2.24, 2.45) is 0 Å². The molecule has 0 atom stereocenters. The third-order valence-corrected chi connectivity index (χ3v) is 4.12. The average Bonchev–Trinajstić information content (AvgIpc) is 3.06. The Morgan fingerprint density at radius 2 is 1.76 bits per heavy atom. The number of aryl methyl sites for hydroxylation is 2. The lowest BCUT2D eigenvalue weighted by Gasteiger charge is -2.13. The number of rotatable bonds is 6. The predicted molar refractivity (Wildman–Crippen MR) is 87.3 cm³/mol. The zero-order valence-electron chi connectivity index (χ0n) is 14.1. The second-order valence-electron chi connectivity index (χ2n) is 5.85. The number of carbonyl (C=O) groups is 3. The summed E-state index contributed by atoms with van der Waals surface area (Å²) in [5.41, 5.74) is 1.73. The molecule has 0 bridgehead atoms. The number of nitrogens with zero attached hydrogens (tertiary/aromatic N) is 2. The maximum absolute atomic E-state index is 12.2. The second-order valence-corrected chi connectivity index (χ2v) is 5.85. The number of esters is 1. The van der Waals surface area contributed by atoms with E-state index < -0.39 is 5.97 Å². The van der Waals surface area contributed by atoms with Crippen molar-refractivity contribution in [2.45, 2.75) is 26.7 Å². The summed E-state index contributed by atoms with van der Waals surface area (Å²) in [5, 5.41) is 3.71. The van der Waals surface area contributed by atoms with E-state index in [0.29, 0.717) is 47.5 Å². The number of fused-ring (bicyclic) bond motifs is 1. The van der Waals surface area contributed by atoms with Gasteiger partial charge in [-0.2, -0.15) is 0 Å². The Balaban J connectivity index is 1.46. The van der Waals surface area contributed by atoms with Crippen LogP contribution in [0.25, 0.3) is 0 Å². The minimum absolute atomic E-state index is 0.200. The van der Waals surface area contributed by atoms with E-state index in [1.807, 2.05) is 0 Å². The van der Waals surface area contributed by atoms with Gasteiger partial charge in [0.1, 0.15) is 11.3 Å². The summed E-state index contributed by atoms with van der Waals surface area (Å²) in [6.07, 6.45) is 1.10. The summed E-state index contributed by atoms with van der Waals surface area (Å²) >= 11 is 0. The largest absolute Gasteiger partial charge is 0.462 e. The van der Waals surface area contributed by atoms with Crippen LogP contribution in [0.3, 0.4) is 0 Å². The van der Waals surface area contributed by atoms with Gasteiger partial charge in [-0.1, -0.05) is 17.3 Å². The summed E-state index contributed by atoms with van der Waals surface area (Å²) in [5.74, 6) is -0.591. The molecule has 3 rings (SSSR count). The van der Waals surface area contributed by atoms with Crippen molar-refractivity contribution >= 4 is 17.8 Å². The highest BCUT2D eigenvalue weighted by molar-refractivity contribution is 6.21. The standard InChI is InChI=1S/C18H18N2O5/c1-11-15(12(2)25-19-11)18(23)24-10-6-5-9-20-16(21)13-7-3-4-8-14(13)17(20)22/h3-4,7-8H,5-6,9-10H2,1-2H3. The first-order valence-corrected chi connectivity index (χ1v) is 8.06. The van der Waals surface area contributed by atoms with Gasteiger partial charge in [-0.15, -0.1) is 0 Å². The van der Waals surface area contributed by atoms with Crippen LogP contribution in [0.15, 0.2) is 28.8 Å². The number of hydrogen-bond donors (Lipinski definition) is 0. The molecule has 0 saturated heterocycles. The summed E-state index contributed by atoms with van der Waals surface area (Å²) in [6, 6.07) is 6.78. The van der Waals surface area contributed by atoms with Crippen molar-refractivity contribution in [1.29, 1.82) is 0 Å². The number of hydrogen-bond acceptors (Lipinski definition) is 6. The molecule has 0 fully saturated rings. The molecular weight excluding hydrogens is 324 g/mol. The first kappa shape index (κ1) is 16.9. The molecule has 1 aliphatic rings. The van der Waals surface area contributed by atoms with Crippen LogP contribution >= 0.6 is 0 Å². The van der Waals surface area contributed by atoms with E-state index in [4.69, 9.17) is 9.26 Å². The molecule has 1 aromatic heterocycles. The van der Waals surface area contributed by atoms with Crippen molar-refractivity contribution in [3.8, 4) is 0 Å². The molecule has 7 nitrogen and oxygen atoms in total. The van der Waals surface area contributed by atoms with Gasteiger partial charge in [-0.3, -0.25) is 14.5 Å². The van der Waals surface area contributed by atoms with Gasteiger partial charge >= 0.3 is 5.97 Å². The monoisotopic (exact) mass is 342 g/mol. The maximum atomic E-state index is 12.2. The zero-order valence-corrected chi connectivity index (χ0v) is 14.1. The number of unbranched alkanes of at least 4 members (excludes halogenated alkanes) is 1. The fraction of sp³-hybridized carbons (Fsp3) is 0.333. The van der Waals surface area contributed by atoms with Crippen molar-refractivity contribution in [1.82, 2.24) is 10.1 Å².